The number of carboxylic acid groups (broad SMARTS) is 1. The first kappa shape index (κ1) is 29.1. The van der Waals surface area contributed by atoms with E-state index in [4.69, 9.17) is 4.74 Å². The number of anilines is 1. The minimum absolute atomic E-state index is 0.00721. The summed E-state index contributed by atoms with van der Waals surface area (Å²) >= 11 is 0. The highest BCUT2D eigenvalue weighted by molar-refractivity contribution is 5.94. The van der Waals surface area contributed by atoms with Gasteiger partial charge in [0.15, 0.2) is 0 Å². The molecule has 1 unspecified atom stereocenters. The van der Waals surface area contributed by atoms with Crippen molar-refractivity contribution >= 4 is 17.6 Å². The van der Waals surface area contributed by atoms with Gasteiger partial charge >= 0.3 is 5.97 Å². The standard InChI is InChI=1S/C32H45N3O4/c1-21(2)30(32(37)38)25-7-6-8-29(18-25)39-28-13-10-24(11-14-28)31(36)34(5)27-12-9-26(22(3)17-27)20-35-16-15-33-23(4)19-35/h6-9,12,17-18,21,23-24,28,30,33H,10-11,13-16,19-20H2,1-5H3,(H,37,38)/t23-,24-,28-,30?/m0/s1. The molecule has 7 nitrogen and oxygen atoms in total. The monoisotopic (exact) mass is 535 g/mol. The number of hydrogen-bond donors (Lipinski definition) is 2. The number of aliphatic carboxylic acids is 1. The third-order valence-corrected chi connectivity index (χ3v) is 8.37. The fraction of sp³-hybridized carbons (Fsp3) is 0.562. The van der Waals surface area contributed by atoms with Gasteiger partial charge in [0.05, 0.1) is 12.0 Å². The Balaban J connectivity index is 1.31. The van der Waals surface area contributed by atoms with Crippen molar-refractivity contribution in [2.75, 3.05) is 31.6 Å². The van der Waals surface area contributed by atoms with E-state index >= 15 is 0 Å². The maximum absolute atomic E-state index is 13.4. The van der Waals surface area contributed by atoms with Crippen molar-refractivity contribution in [3.8, 4) is 5.75 Å². The largest absolute Gasteiger partial charge is 0.490 e. The van der Waals surface area contributed by atoms with Crippen LogP contribution in [0, 0.1) is 18.8 Å². The molecule has 1 aliphatic carbocycles. The summed E-state index contributed by atoms with van der Waals surface area (Å²) in [5.41, 5.74) is 4.26. The number of benzene rings is 2. The Kier molecular flexibility index (Phi) is 9.67. The predicted molar refractivity (Wildman–Crippen MR) is 155 cm³/mol. The van der Waals surface area contributed by atoms with Crippen LogP contribution >= 0.6 is 0 Å². The van der Waals surface area contributed by atoms with E-state index in [0.29, 0.717) is 11.8 Å². The molecule has 0 bridgehead atoms. The first-order valence-electron chi connectivity index (χ1n) is 14.4. The first-order valence-corrected chi connectivity index (χ1v) is 14.4. The van der Waals surface area contributed by atoms with E-state index in [1.807, 2.05) is 50.1 Å². The molecule has 2 aliphatic rings. The Morgan fingerprint density at radius 3 is 2.51 bits per heavy atom. The van der Waals surface area contributed by atoms with Crippen LogP contribution in [0.3, 0.4) is 0 Å². The fourth-order valence-electron chi connectivity index (χ4n) is 6.08. The van der Waals surface area contributed by atoms with Crippen LogP contribution in [0.4, 0.5) is 5.69 Å². The number of rotatable bonds is 9. The van der Waals surface area contributed by atoms with Gasteiger partial charge in [0.2, 0.25) is 5.91 Å². The molecule has 39 heavy (non-hydrogen) atoms. The van der Waals surface area contributed by atoms with Crippen molar-refractivity contribution in [3.63, 3.8) is 0 Å². The van der Waals surface area contributed by atoms with Crippen LogP contribution in [0.1, 0.15) is 69.1 Å². The highest BCUT2D eigenvalue weighted by Crippen LogP contribution is 2.32. The smallest absolute Gasteiger partial charge is 0.311 e. The number of hydrogen-bond acceptors (Lipinski definition) is 5. The average molecular weight is 536 g/mol. The van der Waals surface area contributed by atoms with Gasteiger partial charge in [-0.15, -0.1) is 0 Å². The van der Waals surface area contributed by atoms with Crippen molar-refractivity contribution in [2.24, 2.45) is 11.8 Å². The Hall–Kier alpha value is -2.90. The van der Waals surface area contributed by atoms with E-state index in [9.17, 15) is 14.7 Å². The molecule has 0 spiro atoms. The molecule has 2 aromatic carbocycles. The number of carbonyl (C=O) groups is 2. The van der Waals surface area contributed by atoms with Gasteiger partial charge in [0.1, 0.15) is 5.75 Å². The third-order valence-electron chi connectivity index (χ3n) is 8.37. The topological polar surface area (TPSA) is 82.1 Å². The summed E-state index contributed by atoms with van der Waals surface area (Å²) in [5.74, 6) is -0.518. The number of ether oxygens (including phenoxy) is 1. The minimum atomic E-state index is -0.815. The summed E-state index contributed by atoms with van der Waals surface area (Å²) in [6.07, 6.45) is 3.22. The summed E-state index contributed by atoms with van der Waals surface area (Å²) in [4.78, 5) is 29.4. The SMILES string of the molecule is Cc1cc(N(C)C(=O)[C@H]2CC[C@H](Oc3cccc(C(C(=O)O)C(C)C)c3)CC2)ccc1CN1CCN[C@@H](C)C1. The van der Waals surface area contributed by atoms with Crippen LogP contribution in [0.15, 0.2) is 42.5 Å². The van der Waals surface area contributed by atoms with E-state index in [1.165, 1.54) is 11.1 Å². The zero-order valence-corrected chi connectivity index (χ0v) is 24.2. The lowest BCUT2D eigenvalue weighted by Gasteiger charge is -2.32. The van der Waals surface area contributed by atoms with E-state index in [0.717, 1.165) is 63.1 Å². The number of carboxylic acids is 1. The molecule has 2 aromatic rings. The second-order valence-electron chi connectivity index (χ2n) is 11.8. The molecule has 1 heterocycles. The van der Waals surface area contributed by atoms with E-state index in [1.54, 1.807) is 0 Å². The van der Waals surface area contributed by atoms with Crippen LogP contribution in [-0.4, -0.2) is 60.7 Å². The second kappa shape index (κ2) is 13.0. The quantitative estimate of drug-likeness (QED) is 0.459. The zero-order chi connectivity index (χ0) is 28.1. The summed E-state index contributed by atoms with van der Waals surface area (Å²) in [6, 6.07) is 14.4. The lowest BCUT2D eigenvalue weighted by Crippen LogP contribution is -2.48. The molecule has 2 fully saturated rings. The molecule has 1 amide bonds. The fourth-order valence-corrected chi connectivity index (χ4v) is 6.08. The Morgan fingerprint density at radius 2 is 1.87 bits per heavy atom. The Bertz CT molecular complexity index is 1140. The van der Waals surface area contributed by atoms with Gasteiger partial charge in [-0.3, -0.25) is 14.5 Å². The van der Waals surface area contributed by atoms with E-state index < -0.39 is 11.9 Å². The summed E-state index contributed by atoms with van der Waals surface area (Å²) in [6.45, 7) is 12.3. The average Bonchev–Trinajstić information content (AvgIpc) is 2.89. The van der Waals surface area contributed by atoms with Crippen molar-refractivity contribution < 1.29 is 19.4 Å². The van der Waals surface area contributed by atoms with Crippen molar-refractivity contribution in [3.05, 3.63) is 59.2 Å². The molecule has 2 atom stereocenters. The molecule has 212 valence electrons. The molecule has 2 N–H and O–H groups in total. The van der Waals surface area contributed by atoms with Gasteiger partial charge < -0.3 is 20.1 Å². The van der Waals surface area contributed by atoms with Crippen LogP contribution in [0.2, 0.25) is 0 Å². The van der Waals surface area contributed by atoms with Gasteiger partial charge in [0.25, 0.3) is 0 Å². The maximum Gasteiger partial charge on any atom is 0.311 e. The second-order valence-corrected chi connectivity index (χ2v) is 11.8. The molecular weight excluding hydrogens is 490 g/mol. The van der Waals surface area contributed by atoms with Crippen LogP contribution in [0.25, 0.3) is 0 Å². The number of aryl methyl sites for hydroxylation is 1. The molecule has 1 saturated carbocycles. The van der Waals surface area contributed by atoms with Gasteiger partial charge in [-0.1, -0.05) is 32.0 Å². The molecule has 1 aliphatic heterocycles. The van der Waals surface area contributed by atoms with Crippen molar-refractivity contribution in [1.82, 2.24) is 10.2 Å². The van der Waals surface area contributed by atoms with Crippen LogP contribution in [0.5, 0.6) is 5.75 Å². The number of nitrogens with one attached hydrogen (secondary N) is 1. The zero-order valence-electron chi connectivity index (χ0n) is 24.2. The number of amides is 1. The molecule has 0 radical (unpaired) electrons. The lowest BCUT2D eigenvalue weighted by molar-refractivity contribution is -0.139. The molecule has 0 aromatic heterocycles. The van der Waals surface area contributed by atoms with E-state index in [2.05, 4.69) is 42.3 Å². The first-order chi connectivity index (χ1) is 18.6. The molecular formula is C32H45N3O4. The summed E-state index contributed by atoms with van der Waals surface area (Å²) in [5, 5.41) is 13.1. The van der Waals surface area contributed by atoms with Crippen molar-refractivity contribution in [2.45, 2.75) is 78.0 Å². The summed E-state index contributed by atoms with van der Waals surface area (Å²) < 4.78 is 6.25. The van der Waals surface area contributed by atoms with Gasteiger partial charge in [-0.05, 0) is 86.4 Å². The third kappa shape index (κ3) is 7.40. The van der Waals surface area contributed by atoms with Gasteiger partial charge in [0, 0.05) is 50.9 Å². The minimum Gasteiger partial charge on any atom is -0.490 e. The highest BCUT2D eigenvalue weighted by Gasteiger charge is 2.30. The summed E-state index contributed by atoms with van der Waals surface area (Å²) in [7, 11) is 1.89. The Labute approximate surface area is 233 Å². The highest BCUT2D eigenvalue weighted by atomic mass is 16.5. The molecule has 4 rings (SSSR count). The van der Waals surface area contributed by atoms with Crippen LogP contribution in [-0.2, 0) is 16.1 Å². The molecule has 1 saturated heterocycles. The number of piperazine rings is 1. The van der Waals surface area contributed by atoms with Crippen LogP contribution < -0.4 is 15.0 Å². The maximum atomic E-state index is 13.4. The lowest BCUT2D eigenvalue weighted by atomic mass is 9.86. The number of carbonyl (C=O) groups excluding carboxylic acids is 1. The molecule has 7 heteroatoms. The van der Waals surface area contributed by atoms with Gasteiger partial charge in [-0.2, -0.15) is 0 Å². The van der Waals surface area contributed by atoms with Crippen molar-refractivity contribution in [1.29, 1.82) is 0 Å². The van der Waals surface area contributed by atoms with Gasteiger partial charge in [-0.25, -0.2) is 0 Å². The van der Waals surface area contributed by atoms with E-state index in [-0.39, 0.29) is 23.8 Å². The normalized spacial score (nSPS) is 22.9. The number of nitrogens with zero attached hydrogens (tertiary/aromatic N) is 2. The Morgan fingerprint density at radius 1 is 1.13 bits per heavy atom. The predicted octanol–water partition coefficient (Wildman–Crippen LogP) is 5.21.